The number of aryl methyl sites for hydroxylation is 1. The van der Waals surface area contributed by atoms with E-state index in [2.05, 4.69) is 0 Å². The lowest BCUT2D eigenvalue weighted by molar-refractivity contribution is -0.182. The molecule has 18 heavy (non-hydrogen) atoms. The third-order valence-corrected chi connectivity index (χ3v) is 3.24. The SMILES string of the molecule is Fc1ccc2ccn(CCC3OCCCO3)c2c1. The number of aromatic nitrogens is 1. The fourth-order valence-corrected chi connectivity index (χ4v) is 2.30. The van der Waals surface area contributed by atoms with Crippen LogP contribution < -0.4 is 0 Å². The van der Waals surface area contributed by atoms with Crippen LogP contribution in [0.15, 0.2) is 30.5 Å². The molecule has 0 spiro atoms. The molecule has 3 rings (SSSR count). The first-order valence-electron chi connectivity index (χ1n) is 6.30. The molecular formula is C14H16FNO2. The highest BCUT2D eigenvalue weighted by Crippen LogP contribution is 2.18. The van der Waals surface area contributed by atoms with Crippen LogP contribution in [0.2, 0.25) is 0 Å². The van der Waals surface area contributed by atoms with E-state index >= 15 is 0 Å². The van der Waals surface area contributed by atoms with Crippen LogP contribution >= 0.6 is 0 Å². The van der Waals surface area contributed by atoms with Crippen molar-refractivity contribution in [3.05, 3.63) is 36.3 Å². The van der Waals surface area contributed by atoms with Crippen molar-refractivity contribution in [2.75, 3.05) is 13.2 Å². The first-order valence-corrected chi connectivity index (χ1v) is 6.30. The number of benzene rings is 1. The molecule has 1 saturated heterocycles. The van der Waals surface area contributed by atoms with Gasteiger partial charge in [-0.3, -0.25) is 0 Å². The van der Waals surface area contributed by atoms with Crippen LogP contribution in [0.4, 0.5) is 4.39 Å². The fourth-order valence-electron chi connectivity index (χ4n) is 2.30. The molecule has 1 aliphatic heterocycles. The molecule has 1 fully saturated rings. The van der Waals surface area contributed by atoms with Gasteiger partial charge in [-0.15, -0.1) is 0 Å². The van der Waals surface area contributed by atoms with Gasteiger partial charge >= 0.3 is 0 Å². The van der Waals surface area contributed by atoms with Crippen molar-refractivity contribution >= 4 is 10.9 Å². The summed E-state index contributed by atoms with van der Waals surface area (Å²) in [7, 11) is 0. The van der Waals surface area contributed by atoms with Crippen LogP contribution in [-0.4, -0.2) is 24.1 Å². The van der Waals surface area contributed by atoms with Gasteiger partial charge in [0.25, 0.3) is 0 Å². The van der Waals surface area contributed by atoms with E-state index in [4.69, 9.17) is 9.47 Å². The van der Waals surface area contributed by atoms with Crippen molar-refractivity contribution in [3.63, 3.8) is 0 Å². The standard InChI is InChI=1S/C14H16FNO2/c15-12-3-2-11-4-6-16(13(11)10-12)7-5-14-17-8-1-9-18-14/h2-4,6,10,14H,1,5,7-9H2. The smallest absolute Gasteiger partial charge is 0.159 e. The predicted octanol–water partition coefficient (Wildman–Crippen LogP) is 2.93. The molecule has 3 nitrogen and oxygen atoms in total. The van der Waals surface area contributed by atoms with Crippen molar-refractivity contribution in [2.24, 2.45) is 0 Å². The Morgan fingerprint density at radius 3 is 2.89 bits per heavy atom. The molecule has 0 bridgehead atoms. The molecular weight excluding hydrogens is 233 g/mol. The van der Waals surface area contributed by atoms with Gasteiger partial charge in [0.05, 0.1) is 18.7 Å². The van der Waals surface area contributed by atoms with Gasteiger partial charge in [0.1, 0.15) is 5.82 Å². The molecule has 0 aliphatic carbocycles. The summed E-state index contributed by atoms with van der Waals surface area (Å²) in [5.74, 6) is -0.201. The fraction of sp³-hybridized carbons (Fsp3) is 0.429. The first-order chi connectivity index (χ1) is 8.83. The Morgan fingerprint density at radius 1 is 1.22 bits per heavy atom. The number of fused-ring (bicyclic) bond motifs is 1. The average molecular weight is 249 g/mol. The van der Waals surface area contributed by atoms with Crippen LogP contribution in [0, 0.1) is 5.82 Å². The van der Waals surface area contributed by atoms with E-state index in [0.29, 0.717) is 0 Å². The second kappa shape index (κ2) is 5.08. The topological polar surface area (TPSA) is 23.4 Å². The number of nitrogens with zero attached hydrogens (tertiary/aromatic N) is 1. The zero-order chi connectivity index (χ0) is 12.4. The molecule has 96 valence electrons. The van der Waals surface area contributed by atoms with Gasteiger partial charge < -0.3 is 14.0 Å². The van der Waals surface area contributed by atoms with Crippen LogP contribution in [-0.2, 0) is 16.0 Å². The largest absolute Gasteiger partial charge is 0.353 e. The van der Waals surface area contributed by atoms with Crippen molar-refractivity contribution in [3.8, 4) is 0 Å². The Morgan fingerprint density at radius 2 is 2.06 bits per heavy atom. The van der Waals surface area contributed by atoms with E-state index in [1.54, 1.807) is 12.1 Å². The second-order valence-electron chi connectivity index (χ2n) is 4.53. The summed E-state index contributed by atoms with van der Waals surface area (Å²) in [6, 6.07) is 6.85. The zero-order valence-electron chi connectivity index (χ0n) is 10.1. The normalized spacial score (nSPS) is 17.4. The Balaban J connectivity index is 1.72. The lowest BCUT2D eigenvalue weighted by Gasteiger charge is -2.23. The Labute approximate surface area is 105 Å². The lowest BCUT2D eigenvalue weighted by Crippen LogP contribution is -2.25. The Hall–Kier alpha value is -1.39. The maximum atomic E-state index is 13.2. The molecule has 1 aromatic heterocycles. The van der Waals surface area contributed by atoms with Gasteiger partial charge in [0, 0.05) is 19.2 Å². The predicted molar refractivity (Wildman–Crippen MR) is 66.8 cm³/mol. The van der Waals surface area contributed by atoms with E-state index in [1.165, 1.54) is 6.07 Å². The van der Waals surface area contributed by atoms with E-state index in [-0.39, 0.29) is 12.1 Å². The van der Waals surface area contributed by atoms with Gasteiger partial charge in [-0.2, -0.15) is 0 Å². The Bertz CT molecular complexity index is 532. The zero-order valence-corrected chi connectivity index (χ0v) is 10.1. The van der Waals surface area contributed by atoms with E-state index in [0.717, 1.165) is 43.5 Å². The summed E-state index contributed by atoms with van der Waals surface area (Å²) >= 11 is 0. The van der Waals surface area contributed by atoms with Crippen LogP contribution in [0.1, 0.15) is 12.8 Å². The number of hydrogen-bond acceptors (Lipinski definition) is 2. The van der Waals surface area contributed by atoms with E-state index in [1.807, 2.05) is 16.8 Å². The summed E-state index contributed by atoms with van der Waals surface area (Å²) in [4.78, 5) is 0. The average Bonchev–Trinajstić information content (AvgIpc) is 2.80. The number of ether oxygens (including phenoxy) is 2. The molecule has 0 saturated carbocycles. The summed E-state index contributed by atoms with van der Waals surface area (Å²) in [6.45, 7) is 2.31. The highest BCUT2D eigenvalue weighted by molar-refractivity contribution is 5.80. The molecule has 0 amide bonds. The van der Waals surface area contributed by atoms with Gasteiger partial charge in [-0.1, -0.05) is 0 Å². The third kappa shape index (κ3) is 2.40. The number of rotatable bonds is 3. The minimum Gasteiger partial charge on any atom is -0.353 e. The summed E-state index contributed by atoms with van der Waals surface area (Å²) in [5.41, 5.74) is 0.922. The maximum Gasteiger partial charge on any atom is 0.159 e. The molecule has 0 radical (unpaired) electrons. The lowest BCUT2D eigenvalue weighted by atomic mass is 10.2. The molecule has 1 aliphatic rings. The molecule has 0 atom stereocenters. The van der Waals surface area contributed by atoms with Crippen LogP contribution in [0.5, 0.6) is 0 Å². The number of halogens is 1. The van der Waals surface area contributed by atoms with Gasteiger partial charge in [0.15, 0.2) is 6.29 Å². The molecule has 2 aromatic rings. The Kier molecular flexibility index (Phi) is 3.30. The molecule has 1 aromatic carbocycles. The molecule has 0 N–H and O–H groups in total. The highest BCUT2D eigenvalue weighted by atomic mass is 19.1. The van der Waals surface area contributed by atoms with Gasteiger partial charge in [-0.25, -0.2) is 4.39 Å². The minimum atomic E-state index is -0.201. The second-order valence-corrected chi connectivity index (χ2v) is 4.53. The van der Waals surface area contributed by atoms with E-state index in [9.17, 15) is 4.39 Å². The van der Waals surface area contributed by atoms with Crippen molar-refractivity contribution in [1.29, 1.82) is 0 Å². The monoisotopic (exact) mass is 249 g/mol. The van der Waals surface area contributed by atoms with Crippen molar-refractivity contribution < 1.29 is 13.9 Å². The van der Waals surface area contributed by atoms with Crippen molar-refractivity contribution in [1.82, 2.24) is 4.57 Å². The van der Waals surface area contributed by atoms with Gasteiger partial charge in [-0.05, 0) is 36.1 Å². The molecule has 2 heterocycles. The molecule has 4 heteroatoms. The highest BCUT2D eigenvalue weighted by Gasteiger charge is 2.14. The minimum absolute atomic E-state index is 0.121. The van der Waals surface area contributed by atoms with Crippen LogP contribution in [0.25, 0.3) is 10.9 Å². The van der Waals surface area contributed by atoms with E-state index < -0.39 is 0 Å². The van der Waals surface area contributed by atoms with Crippen molar-refractivity contribution in [2.45, 2.75) is 25.7 Å². The quantitative estimate of drug-likeness (QED) is 0.835. The maximum absolute atomic E-state index is 13.2. The summed E-state index contributed by atoms with van der Waals surface area (Å²) in [6.07, 6.45) is 3.62. The summed E-state index contributed by atoms with van der Waals surface area (Å²) < 4.78 is 26.3. The summed E-state index contributed by atoms with van der Waals surface area (Å²) in [5, 5.41) is 1.06. The van der Waals surface area contributed by atoms with Gasteiger partial charge in [0.2, 0.25) is 0 Å². The third-order valence-electron chi connectivity index (χ3n) is 3.24. The van der Waals surface area contributed by atoms with Crippen LogP contribution in [0.3, 0.4) is 0 Å². The molecule has 0 unspecified atom stereocenters. The number of hydrogen-bond donors (Lipinski definition) is 0. The first kappa shape index (κ1) is 11.7.